The number of H-pyrrole nitrogens is 1. The zero-order valence-corrected chi connectivity index (χ0v) is 10.3. The van der Waals surface area contributed by atoms with Gasteiger partial charge in [-0.25, -0.2) is 4.98 Å². The van der Waals surface area contributed by atoms with Crippen molar-refractivity contribution in [3.05, 3.63) is 53.2 Å². The Kier molecular flexibility index (Phi) is 2.72. The zero-order valence-electron chi connectivity index (χ0n) is 10.3. The van der Waals surface area contributed by atoms with E-state index in [0.717, 1.165) is 16.5 Å². The number of hydrogen-bond acceptors (Lipinski definition) is 4. The first-order valence-corrected chi connectivity index (χ1v) is 5.76. The number of methoxy groups -OCH3 is 1. The number of hydrogen-bond donors (Lipinski definition) is 1. The Morgan fingerprint density at radius 3 is 2.95 bits per heavy atom. The van der Waals surface area contributed by atoms with Crippen molar-refractivity contribution in [2.45, 2.75) is 0 Å². The number of aromatic nitrogens is 3. The van der Waals surface area contributed by atoms with Crippen LogP contribution in [0.2, 0.25) is 0 Å². The average molecular weight is 253 g/mol. The molecule has 94 valence electrons. The molecule has 3 aromatic rings. The summed E-state index contributed by atoms with van der Waals surface area (Å²) < 4.78 is 5.12. The van der Waals surface area contributed by atoms with Crippen molar-refractivity contribution in [3.8, 4) is 17.0 Å². The summed E-state index contributed by atoms with van der Waals surface area (Å²) in [7, 11) is 1.45. The van der Waals surface area contributed by atoms with Crippen LogP contribution in [0.1, 0.15) is 0 Å². The highest BCUT2D eigenvalue weighted by Crippen LogP contribution is 2.26. The summed E-state index contributed by atoms with van der Waals surface area (Å²) in [6.07, 6.45) is 3.09. The van der Waals surface area contributed by atoms with E-state index in [2.05, 4.69) is 15.0 Å². The first-order chi connectivity index (χ1) is 9.29. The average Bonchev–Trinajstić information content (AvgIpc) is 2.46. The Morgan fingerprint density at radius 2 is 2.11 bits per heavy atom. The Balaban J connectivity index is 2.25. The molecular weight excluding hydrogens is 242 g/mol. The van der Waals surface area contributed by atoms with Crippen molar-refractivity contribution >= 4 is 10.9 Å². The van der Waals surface area contributed by atoms with E-state index in [1.807, 2.05) is 30.3 Å². The topological polar surface area (TPSA) is 67.9 Å². The lowest BCUT2D eigenvalue weighted by Crippen LogP contribution is -2.11. The summed E-state index contributed by atoms with van der Waals surface area (Å²) in [6.45, 7) is 0. The molecule has 2 aromatic heterocycles. The van der Waals surface area contributed by atoms with E-state index in [-0.39, 0.29) is 11.3 Å². The van der Waals surface area contributed by atoms with Crippen LogP contribution in [-0.4, -0.2) is 22.1 Å². The van der Waals surface area contributed by atoms with Crippen LogP contribution in [0, 0.1) is 0 Å². The van der Waals surface area contributed by atoms with Gasteiger partial charge < -0.3 is 9.72 Å². The standard InChI is InChI=1S/C14H11N3O2/c1-19-13-12(16-8-17-14(13)18)10-5-4-9-3-2-6-15-11(9)7-10/h2-8H,1H3,(H,16,17,18). The molecule has 0 radical (unpaired) electrons. The van der Waals surface area contributed by atoms with Crippen molar-refractivity contribution in [1.29, 1.82) is 0 Å². The maximum absolute atomic E-state index is 11.7. The normalized spacial score (nSPS) is 10.6. The van der Waals surface area contributed by atoms with Gasteiger partial charge in [0.2, 0.25) is 5.75 Å². The first-order valence-electron chi connectivity index (χ1n) is 5.76. The predicted molar refractivity (Wildman–Crippen MR) is 72.1 cm³/mol. The summed E-state index contributed by atoms with van der Waals surface area (Å²) in [5.74, 6) is 0.206. The third kappa shape index (κ3) is 1.95. The SMILES string of the molecule is COc1c(-c2ccc3cccnc3c2)nc[nH]c1=O. The monoisotopic (exact) mass is 253 g/mol. The fourth-order valence-electron chi connectivity index (χ4n) is 2.00. The molecule has 3 rings (SSSR count). The van der Waals surface area contributed by atoms with Crippen molar-refractivity contribution in [3.63, 3.8) is 0 Å². The largest absolute Gasteiger partial charge is 0.490 e. The van der Waals surface area contributed by atoms with E-state index in [1.165, 1.54) is 13.4 Å². The summed E-state index contributed by atoms with van der Waals surface area (Å²) in [5.41, 5.74) is 1.87. The fraction of sp³-hybridized carbons (Fsp3) is 0.0714. The molecule has 0 spiro atoms. The van der Waals surface area contributed by atoms with Crippen LogP contribution in [0.3, 0.4) is 0 Å². The molecule has 0 aliphatic heterocycles. The fourth-order valence-corrected chi connectivity index (χ4v) is 2.00. The smallest absolute Gasteiger partial charge is 0.293 e. The number of pyridine rings is 1. The van der Waals surface area contributed by atoms with Crippen molar-refractivity contribution in [1.82, 2.24) is 15.0 Å². The second kappa shape index (κ2) is 4.53. The summed E-state index contributed by atoms with van der Waals surface area (Å²) in [6, 6.07) is 9.59. The number of benzene rings is 1. The van der Waals surface area contributed by atoms with Crippen LogP contribution >= 0.6 is 0 Å². The Labute approximate surface area is 108 Å². The van der Waals surface area contributed by atoms with E-state index >= 15 is 0 Å². The maximum atomic E-state index is 11.7. The van der Waals surface area contributed by atoms with Gasteiger partial charge >= 0.3 is 0 Å². The molecule has 19 heavy (non-hydrogen) atoms. The summed E-state index contributed by atoms with van der Waals surface area (Å²) in [5, 5.41) is 1.04. The van der Waals surface area contributed by atoms with E-state index in [9.17, 15) is 4.79 Å². The number of fused-ring (bicyclic) bond motifs is 1. The molecule has 2 heterocycles. The van der Waals surface area contributed by atoms with Gasteiger partial charge in [-0.1, -0.05) is 18.2 Å². The highest BCUT2D eigenvalue weighted by Gasteiger charge is 2.11. The third-order valence-corrected chi connectivity index (χ3v) is 2.89. The van der Waals surface area contributed by atoms with E-state index in [4.69, 9.17) is 4.74 Å². The Hall–Kier alpha value is -2.69. The molecule has 5 nitrogen and oxygen atoms in total. The van der Waals surface area contributed by atoms with Gasteiger partial charge in [0.25, 0.3) is 5.56 Å². The molecule has 0 bridgehead atoms. The predicted octanol–water partition coefficient (Wildman–Crippen LogP) is 1.99. The highest BCUT2D eigenvalue weighted by atomic mass is 16.5. The molecule has 0 unspecified atom stereocenters. The van der Waals surface area contributed by atoms with Gasteiger partial charge in [-0.2, -0.15) is 0 Å². The van der Waals surface area contributed by atoms with Crippen molar-refractivity contribution in [2.75, 3.05) is 7.11 Å². The van der Waals surface area contributed by atoms with Crippen molar-refractivity contribution < 1.29 is 4.74 Å². The highest BCUT2D eigenvalue weighted by molar-refractivity contribution is 5.84. The van der Waals surface area contributed by atoms with E-state index in [0.29, 0.717) is 5.69 Å². The Morgan fingerprint density at radius 1 is 1.21 bits per heavy atom. The lowest BCUT2D eigenvalue weighted by molar-refractivity contribution is 0.408. The molecule has 1 aromatic carbocycles. The van der Waals surface area contributed by atoms with Crippen LogP contribution in [-0.2, 0) is 0 Å². The minimum Gasteiger partial charge on any atom is -0.490 e. The molecule has 0 atom stereocenters. The summed E-state index contributed by atoms with van der Waals surface area (Å²) >= 11 is 0. The number of nitrogens with zero attached hydrogens (tertiary/aromatic N) is 2. The first kappa shape index (κ1) is 11.4. The number of nitrogens with one attached hydrogen (secondary N) is 1. The lowest BCUT2D eigenvalue weighted by atomic mass is 10.1. The molecule has 0 amide bonds. The Bertz CT molecular complexity index is 796. The zero-order chi connectivity index (χ0) is 13.2. The number of rotatable bonds is 2. The third-order valence-electron chi connectivity index (χ3n) is 2.89. The quantitative estimate of drug-likeness (QED) is 0.758. The van der Waals surface area contributed by atoms with E-state index < -0.39 is 0 Å². The lowest BCUT2D eigenvalue weighted by Gasteiger charge is -2.06. The molecule has 0 saturated heterocycles. The van der Waals surface area contributed by atoms with Gasteiger partial charge in [-0.3, -0.25) is 9.78 Å². The number of aromatic amines is 1. The molecular formula is C14H11N3O2. The van der Waals surface area contributed by atoms with Crippen LogP contribution in [0.15, 0.2) is 47.7 Å². The molecule has 5 heteroatoms. The van der Waals surface area contributed by atoms with Crippen LogP contribution < -0.4 is 10.3 Å². The molecule has 0 aliphatic carbocycles. The second-order valence-electron chi connectivity index (χ2n) is 4.02. The second-order valence-corrected chi connectivity index (χ2v) is 4.02. The van der Waals surface area contributed by atoms with Crippen LogP contribution in [0.25, 0.3) is 22.2 Å². The molecule has 0 aliphatic rings. The minimum absolute atomic E-state index is 0.206. The van der Waals surface area contributed by atoms with Gasteiger partial charge in [0.05, 0.1) is 19.0 Å². The molecule has 1 N–H and O–H groups in total. The minimum atomic E-state index is -0.298. The molecule has 0 saturated carbocycles. The van der Waals surface area contributed by atoms with Crippen LogP contribution in [0.5, 0.6) is 5.75 Å². The summed E-state index contributed by atoms with van der Waals surface area (Å²) in [4.78, 5) is 22.6. The number of ether oxygens (including phenoxy) is 1. The van der Waals surface area contributed by atoms with Gasteiger partial charge in [-0.05, 0) is 12.1 Å². The maximum Gasteiger partial charge on any atom is 0.293 e. The van der Waals surface area contributed by atoms with E-state index in [1.54, 1.807) is 6.20 Å². The van der Waals surface area contributed by atoms with Gasteiger partial charge in [0, 0.05) is 17.1 Å². The van der Waals surface area contributed by atoms with Crippen molar-refractivity contribution in [2.24, 2.45) is 0 Å². The van der Waals surface area contributed by atoms with Crippen LogP contribution in [0.4, 0.5) is 0 Å². The van der Waals surface area contributed by atoms with Gasteiger partial charge in [0.15, 0.2) is 0 Å². The van der Waals surface area contributed by atoms with Gasteiger partial charge in [-0.15, -0.1) is 0 Å². The molecule has 0 fully saturated rings. The van der Waals surface area contributed by atoms with Gasteiger partial charge in [0.1, 0.15) is 5.69 Å².